The fraction of sp³-hybridized carbons (Fsp3) is 0.765. The Morgan fingerprint density at radius 1 is 1.45 bits per heavy atom. The van der Waals surface area contributed by atoms with E-state index in [9.17, 15) is 18.7 Å². The molecular formula is C17H25F2O3. The summed E-state index contributed by atoms with van der Waals surface area (Å²) in [5.74, 6) is -1.87. The van der Waals surface area contributed by atoms with Crippen LogP contribution in [0.2, 0.25) is 0 Å². The summed E-state index contributed by atoms with van der Waals surface area (Å²) in [6.07, 6.45) is 1.86. The minimum atomic E-state index is -2.40. The molecule has 0 amide bonds. The molecule has 2 aliphatic rings. The number of rotatable bonds is 3. The average Bonchev–Trinajstić information content (AvgIpc) is 2.41. The number of fused-ring (bicyclic) bond motifs is 1. The SMILES string of the molecule is CC(=O)O[C@@H]1[CH][C@@]2(O)[C@H](C)CC[C@@H](C(C)C(F)F)[C@H]2C=C1C. The molecule has 1 N–H and O–H groups in total. The molecule has 5 heteroatoms. The van der Waals surface area contributed by atoms with Crippen LogP contribution in [-0.2, 0) is 9.53 Å². The fourth-order valence-electron chi connectivity index (χ4n) is 3.89. The molecule has 2 aliphatic carbocycles. The lowest BCUT2D eigenvalue weighted by Gasteiger charge is -2.52. The number of esters is 1. The van der Waals surface area contributed by atoms with Crippen LogP contribution >= 0.6 is 0 Å². The van der Waals surface area contributed by atoms with E-state index < -0.39 is 30.0 Å². The minimum Gasteiger partial charge on any atom is -0.458 e. The Bertz CT molecular complexity index is 463. The van der Waals surface area contributed by atoms with Gasteiger partial charge in [0.2, 0.25) is 6.43 Å². The molecule has 0 aromatic heterocycles. The van der Waals surface area contributed by atoms with Crippen LogP contribution in [0.3, 0.4) is 0 Å². The van der Waals surface area contributed by atoms with E-state index in [0.717, 1.165) is 5.57 Å². The van der Waals surface area contributed by atoms with E-state index in [2.05, 4.69) is 0 Å². The van der Waals surface area contributed by atoms with Crippen LogP contribution in [0, 0.1) is 30.1 Å². The second-order valence-electron chi connectivity index (χ2n) is 6.86. The molecule has 125 valence electrons. The van der Waals surface area contributed by atoms with Crippen molar-refractivity contribution in [1.29, 1.82) is 0 Å². The monoisotopic (exact) mass is 315 g/mol. The quantitative estimate of drug-likeness (QED) is 0.641. The van der Waals surface area contributed by atoms with Gasteiger partial charge in [0, 0.05) is 25.2 Å². The van der Waals surface area contributed by atoms with Gasteiger partial charge in [-0.1, -0.05) is 19.9 Å². The highest BCUT2D eigenvalue weighted by Gasteiger charge is 2.53. The van der Waals surface area contributed by atoms with Crippen molar-refractivity contribution in [2.45, 2.75) is 58.7 Å². The Hall–Kier alpha value is -0.970. The predicted octanol–water partition coefficient (Wildman–Crippen LogP) is 3.38. The van der Waals surface area contributed by atoms with Crippen molar-refractivity contribution in [3.8, 4) is 0 Å². The first-order chi connectivity index (χ1) is 10.2. The third kappa shape index (κ3) is 3.05. The van der Waals surface area contributed by atoms with E-state index in [1.54, 1.807) is 13.3 Å². The number of alkyl halides is 2. The molecule has 0 heterocycles. The molecule has 0 spiro atoms. The van der Waals surface area contributed by atoms with Gasteiger partial charge in [-0.05, 0) is 37.2 Å². The number of carbonyl (C=O) groups is 1. The number of halogens is 2. The summed E-state index contributed by atoms with van der Waals surface area (Å²) in [7, 11) is 0. The highest BCUT2D eigenvalue weighted by molar-refractivity contribution is 5.66. The molecule has 6 atom stereocenters. The van der Waals surface area contributed by atoms with Gasteiger partial charge in [0.1, 0.15) is 6.10 Å². The van der Waals surface area contributed by atoms with Gasteiger partial charge in [-0.15, -0.1) is 0 Å². The van der Waals surface area contributed by atoms with Gasteiger partial charge in [-0.2, -0.15) is 0 Å². The van der Waals surface area contributed by atoms with Crippen LogP contribution in [0.4, 0.5) is 8.78 Å². The van der Waals surface area contributed by atoms with Crippen molar-refractivity contribution in [2.75, 3.05) is 0 Å². The van der Waals surface area contributed by atoms with Crippen LogP contribution in [0.15, 0.2) is 11.6 Å². The topological polar surface area (TPSA) is 46.5 Å². The molecule has 0 saturated heterocycles. The molecule has 0 bridgehead atoms. The van der Waals surface area contributed by atoms with Crippen molar-refractivity contribution in [2.24, 2.45) is 23.7 Å². The summed E-state index contributed by atoms with van der Waals surface area (Å²) in [4.78, 5) is 11.2. The number of ether oxygens (including phenoxy) is 1. The van der Waals surface area contributed by atoms with E-state index in [-0.39, 0.29) is 17.8 Å². The third-order valence-corrected chi connectivity index (χ3v) is 5.39. The molecule has 1 radical (unpaired) electrons. The molecule has 3 nitrogen and oxygen atoms in total. The molecule has 0 aliphatic heterocycles. The molecule has 2 rings (SSSR count). The Morgan fingerprint density at radius 2 is 2.09 bits per heavy atom. The number of carbonyl (C=O) groups excluding carboxylic acids is 1. The van der Waals surface area contributed by atoms with Crippen LogP contribution in [0.25, 0.3) is 0 Å². The van der Waals surface area contributed by atoms with Gasteiger partial charge in [-0.25, -0.2) is 8.78 Å². The Morgan fingerprint density at radius 3 is 2.64 bits per heavy atom. The van der Waals surface area contributed by atoms with Gasteiger partial charge < -0.3 is 9.84 Å². The third-order valence-electron chi connectivity index (χ3n) is 5.39. The zero-order valence-electron chi connectivity index (χ0n) is 13.6. The highest BCUT2D eigenvalue weighted by atomic mass is 19.3. The zero-order chi connectivity index (χ0) is 16.7. The smallest absolute Gasteiger partial charge is 0.303 e. The maximum absolute atomic E-state index is 13.2. The van der Waals surface area contributed by atoms with Crippen molar-refractivity contribution < 1.29 is 23.4 Å². The van der Waals surface area contributed by atoms with Gasteiger partial charge >= 0.3 is 5.97 Å². The first-order valence-electron chi connectivity index (χ1n) is 7.89. The second kappa shape index (κ2) is 6.26. The first-order valence-corrected chi connectivity index (χ1v) is 7.89. The fourth-order valence-corrected chi connectivity index (χ4v) is 3.89. The Kier molecular flexibility index (Phi) is 4.95. The van der Waals surface area contributed by atoms with Crippen LogP contribution < -0.4 is 0 Å². The lowest BCUT2D eigenvalue weighted by molar-refractivity contribution is -0.149. The van der Waals surface area contributed by atoms with Gasteiger partial charge in [0.05, 0.1) is 5.60 Å². The van der Waals surface area contributed by atoms with Crippen molar-refractivity contribution >= 4 is 5.97 Å². The lowest BCUT2D eigenvalue weighted by atomic mass is 9.57. The molecule has 1 saturated carbocycles. The van der Waals surface area contributed by atoms with E-state index in [1.165, 1.54) is 6.92 Å². The van der Waals surface area contributed by atoms with Gasteiger partial charge in [0.15, 0.2) is 0 Å². The summed E-state index contributed by atoms with van der Waals surface area (Å²) in [6, 6.07) is 0. The van der Waals surface area contributed by atoms with Gasteiger partial charge in [-0.3, -0.25) is 4.79 Å². The van der Waals surface area contributed by atoms with Crippen LogP contribution in [0.5, 0.6) is 0 Å². The second-order valence-corrected chi connectivity index (χ2v) is 6.86. The lowest BCUT2D eigenvalue weighted by Crippen LogP contribution is -2.56. The number of hydrogen-bond acceptors (Lipinski definition) is 3. The van der Waals surface area contributed by atoms with Crippen molar-refractivity contribution in [1.82, 2.24) is 0 Å². The maximum atomic E-state index is 13.2. The van der Waals surface area contributed by atoms with Crippen LogP contribution in [0.1, 0.15) is 40.5 Å². The molecule has 0 aromatic carbocycles. The molecule has 1 fully saturated rings. The summed E-state index contributed by atoms with van der Waals surface area (Å²) < 4.78 is 31.6. The molecule has 22 heavy (non-hydrogen) atoms. The predicted molar refractivity (Wildman–Crippen MR) is 79.1 cm³/mol. The maximum Gasteiger partial charge on any atom is 0.303 e. The van der Waals surface area contributed by atoms with E-state index in [4.69, 9.17) is 4.74 Å². The average molecular weight is 315 g/mol. The summed E-state index contributed by atoms with van der Waals surface area (Å²) in [5, 5.41) is 11.1. The Balaban J connectivity index is 2.34. The van der Waals surface area contributed by atoms with Crippen molar-refractivity contribution in [3.05, 3.63) is 18.1 Å². The highest BCUT2D eigenvalue weighted by Crippen LogP contribution is 2.51. The van der Waals surface area contributed by atoms with E-state index in [1.807, 2.05) is 19.9 Å². The van der Waals surface area contributed by atoms with E-state index >= 15 is 0 Å². The standard InChI is InChI=1S/C17H25F2O3/c1-9-7-14-13(11(3)16(18)19)6-5-10(2)17(14,21)8-15(9)22-12(4)20/h7-8,10-11,13-16,21H,5-6H2,1-4H3/t10-,11?,13+,14-,15-,17-/m1/s1. The first kappa shape index (κ1) is 17.4. The summed E-state index contributed by atoms with van der Waals surface area (Å²) >= 11 is 0. The number of aliphatic hydroxyl groups is 1. The summed E-state index contributed by atoms with van der Waals surface area (Å²) in [6.45, 7) is 6.61. The van der Waals surface area contributed by atoms with E-state index in [0.29, 0.717) is 12.8 Å². The summed E-state index contributed by atoms with van der Waals surface area (Å²) in [5.41, 5.74) is -0.406. The molecule has 1 unspecified atom stereocenters. The minimum absolute atomic E-state index is 0.0546. The van der Waals surface area contributed by atoms with Gasteiger partial charge in [0.25, 0.3) is 0 Å². The molecule has 0 aromatic rings. The molecular weight excluding hydrogens is 290 g/mol. The zero-order valence-corrected chi connectivity index (χ0v) is 13.6. The van der Waals surface area contributed by atoms with Crippen LogP contribution in [-0.4, -0.2) is 29.2 Å². The largest absolute Gasteiger partial charge is 0.458 e. The normalized spacial score (nSPS) is 39.9. The van der Waals surface area contributed by atoms with Crippen molar-refractivity contribution in [3.63, 3.8) is 0 Å². The number of hydrogen-bond donors (Lipinski definition) is 1. The Labute approximate surface area is 130 Å².